The van der Waals surface area contributed by atoms with E-state index in [0.717, 1.165) is 22.8 Å². The van der Waals surface area contributed by atoms with E-state index in [0.29, 0.717) is 5.03 Å². The monoisotopic (exact) mass is 373 g/mol. The van der Waals surface area contributed by atoms with Crippen LogP contribution in [-0.2, 0) is 0 Å². The van der Waals surface area contributed by atoms with Crippen LogP contribution in [-0.4, -0.2) is 15.6 Å². The van der Waals surface area contributed by atoms with Crippen LogP contribution in [0.15, 0.2) is 26.5 Å². The van der Waals surface area contributed by atoms with Crippen LogP contribution in [0.5, 0.6) is 0 Å². The third kappa shape index (κ3) is 1.67. The molecule has 3 nitrogen and oxygen atoms in total. The molecule has 2 aliphatic heterocycles. The van der Waals surface area contributed by atoms with E-state index in [4.69, 9.17) is 11.6 Å². The summed E-state index contributed by atoms with van der Waals surface area (Å²) in [5.41, 5.74) is 0.966. The van der Waals surface area contributed by atoms with Crippen LogP contribution in [0.3, 0.4) is 0 Å². The Morgan fingerprint density at radius 3 is 3.15 bits per heavy atom. The first-order chi connectivity index (χ1) is 6.09. The Kier molecular flexibility index (Phi) is 2.70. The lowest BCUT2D eigenvalue weighted by molar-refractivity contribution is 0.533. The molecule has 0 aromatic heterocycles. The molecule has 69 valence electrons. The van der Waals surface area contributed by atoms with Gasteiger partial charge in [-0.3, -0.25) is 3.11 Å². The summed E-state index contributed by atoms with van der Waals surface area (Å²) in [6, 6.07) is 0. The highest BCUT2D eigenvalue weighted by molar-refractivity contribution is 14.1. The summed E-state index contributed by atoms with van der Waals surface area (Å²) in [6.45, 7) is 2.73. The molecule has 0 saturated heterocycles. The fourth-order valence-electron chi connectivity index (χ4n) is 1.22. The molecule has 2 aliphatic rings. The summed E-state index contributed by atoms with van der Waals surface area (Å²) in [5.74, 6) is 0.832. The van der Waals surface area contributed by atoms with Crippen molar-refractivity contribution in [2.45, 2.75) is 6.92 Å². The Balaban J connectivity index is 2.41. The van der Waals surface area contributed by atoms with E-state index >= 15 is 0 Å². The summed E-state index contributed by atoms with van der Waals surface area (Å²) in [5, 5.41) is 0.675. The van der Waals surface area contributed by atoms with Crippen LogP contribution in [0.2, 0.25) is 0 Å². The number of halogens is 3. The van der Waals surface area contributed by atoms with E-state index in [-0.39, 0.29) is 0 Å². The van der Waals surface area contributed by atoms with Gasteiger partial charge in [0.05, 0.1) is 22.9 Å². The molecule has 2 heterocycles. The highest BCUT2D eigenvalue weighted by Gasteiger charge is 2.41. The smallest absolute Gasteiger partial charge is 0.266 e. The Morgan fingerprint density at radius 2 is 2.46 bits per heavy atom. The second kappa shape index (κ2) is 3.52. The highest BCUT2D eigenvalue weighted by Crippen LogP contribution is 2.30. The van der Waals surface area contributed by atoms with Gasteiger partial charge in [0.1, 0.15) is 10.7 Å². The van der Waals surface area contributed by atoms with Crippen molar-refractivity contribution in [2.75, 3.05) is 6.67 Å². The topological polar surface area (TPSA) is 21.5 Å². The SMILES string of the molecule is CC1=C(Br)[N+]2CN(I)C=C(Cl)C2=N1. The molecule has 0 spiro atoms. The van der Waals surface area contributed by atoms with Crippen molar-refractivity contribution in [1.29, 1.82) is 0 Å². The van der Waals surface area contributed by atoms with Crippen molar-refractivity contribution in [3.05, 3.63) is 21.5 Å². The van der Waals surface area contributed by atoms with Crippen LogP contribution < -0.4 is 4.90 Å². The molecule has 1 radical (unpaired) electrons. The molecule has 0 aromatic carbocycles. The first kappa shape index (κ1) is 9.95. The van der Waals surface area contributed by atoms with Crippen LogP contribution in [0.25, 0.3) is 0 Å². The van der Waals surface area contributed by atoms with E-state index in [1.54, 1.807) is 0 Å². The average Bonchev–Trinajstić information content (AvgIpc) is 2.32. The van der Waals surface area contributed by atoms with Crippen molar-refractivity contribution >= 4 is 56.2 Å². The van der Waals surface area contributed by atoms with Crippen molar-refractivity contribution in [3.8, 4) is 0 Å². The number of aliphatic imine (C=N–C) groups is 1. The van der Waals surface area contributed by atoms with Gasteiger partial charge in [0, 0.05) is 22.1 Å². The second-order valence-electron chi connectivity index (χ2n) is 2.76. The number of amidine groups is 1. The number of hydrogen-bond acceptors (Lipinski definition) is 3. The molecule has 0 atom stereocenters. The molecule has 0 aromatic rings. The standard InChI is InChI=1S/C7H6BrClIN3/c1-4-6(8)13-3-12(10)2-5(9)7(13)11-4/h2H,3H2,1H3/q+1. The molecule has 0 N–H and O–H groups in total. The largest absolute Gasteiger partial charge is 0.305 e. The summed E-state index contributed by atoms with van der Waals surface area (Å²) < 4.78 is 2.98. The van der Waals surface area contributed by atoms with Crippen LogP contribution in [0, 0.1) is 0 Å². The first-order valence-corrected chi connectivity index (χ1v) is 5.76. The normalized spacial score (nSPS) is 23.2. The number of nitrogens with zero attached hydrogens (tertiary/aromatic N) is 3. The maximum absolute atomic E-state index is 6.04. The highest BCUT2D eigenvalue weighted by atomic mass is 127. The molecule has 13 heavy (non-hydrogen) atoms. The zero-order valence-electron chi connectivity index (χ0n) is 6.76. The lowest BCUT2D eigenvalue weighted by atomic mass is 10.4. The molecular formula is C7H6BrClIN3+. The number of fused-ring (bicyclic) bond motifs is 1. The maximum atomic E-state index is 6.04. The lowest BCUT2D eigenvalue weighted by Gasteiger charge is -2.17. The molecule has 0 fully saturated rings. The van der Waals surface area contributed by atoms with Gasteiger partial charge in [0.25, 0.3) is 4.61 Å². The molecule has 0 aliphatic carbocycles. The predicted octanol–water partition coefficient (Wildman–Crippen LogP) is 2.83. The van der Waals surface area contributed by atoms with Gasteiger partial charge < -0.3 is 0 Å². The van der Waals surface area contributed by atoms with Crippen molar-refractivity contribution < 1.29 is 0 Å². The van der Waals surface area contributed by atoms with Crippen molar-refractivity contribution in [1.82, 2.24) is 8.01 Å². The Hall–Kier alpha value is 0.410. The van der Waals surface area contributed by atoms with Gasteiger partial charge in [0.2, 0.25) is 6.67 Å². The Bertz CT molecular complexity index is 350. The van der Waals surface area contributed by atoms with Crippen molar-refractivity contribution in [3.63, 3.8) is 0 Å². The van der Waals surface area contributed by atoms with Gasteiger partial charge in [-0.2, -0.15) is 4.99 Å². The van der Waals surface area contributed by atoms with Crippen LogP contribution >= 0.6 is 50.4 Å². The molecule has 6 heteroatoms. The first-order valence-electron chi connectivity index (χ1n) is 3.62. The fraction of sp³-hybridized carbons (Fsp3) is 0.286. The zero-order chi connectivity index (χ0) is 9.59. The molecule has 0 amide bonds. The quantitative estimate of drug-likeness (QED) is 0.277. The minimum atomic E-state index is 0.675. The van der Waals surface area contributed by atoms with E-state index in [1.807, 2.05) is 21.1 Å². The maximum Gasteiger partial charge on any atom is 0.305 e. The van der Waals surface area contributed by atoms with Crippen LogP contribution in [0.4, 0.5) is 0 Å². The fourth-order valence-corrected chi connectivity index (χ4v) is 2.60. The van der Waals surface area contributed by atoms with Gasteiger partial charge in [-0.05, 0) is 11.8 Å². The molecule has 2 rings (SSSR count). The average molecular weight is 374 g/mol. The third-order valence-electron chi connectivity index (χ3n) is 1.81. The van der Waals surface area contributed by atoms with Crippen molar-refractivity contribution in [2.24, 2.45) is 4.99 Å². The van der Waals surface area contributed by atoms with E-state index in [9.17, 15) is 0 Å². The van der Waals surface area contributed by atoms with E-state index < -0.39 is 0 Å². The summed E-state index contributed by atoms with van der Waals surface area (Å²) in [4.78, 5) is 6.38. The van der Waals surface area contributed by atoms with Gasteiger partial charge in [-0.15, -0.1) is 0 Å². The minimum Gasteiger partial charge on any atom is -0.266 e. The van der Waals surface area contributed by atoms with E-state index in [1.165, 1.54) is 0 Å². The zero-order valence-corrected chi connectivity index (χ0v) is 11.3. The molecule has 0 unspecified atom stereocenters. The number of rotatable bonds is 0. The minimum absolute atomic E-state index is 0.675. The van der Waals surface area contributed by atoms with Crippen LogP contribution in [0.1, 0.15) is 6.92 Å². The summed E-state index contributed by atoms with van der Waals surface area (Å²) in [7, 11) is 0. The third-order valence-corrected chi connectivity index (χ3v) is 3.66. The van der Waals surface area contributed by atoms with Gasteiger partial charge in [0.15, 0.2) is 0 Å². The summed E-state index contributed by atoms with van der Waals surface area (Å²) in [6.07, 6.45) is 1.87. The summed E-state index contributed by atoms with van der Waals surface area (Å²) >= 11 is 11.7. The molecule has 0 bridgehead atoms. The van der Waals surface area contributed by atoms with E-state index in [2.05, 4.69) is 43.8 Å². The van der Waals surface area contributed by atoms with Gasteiger partial charge >= 0.3 is 5.84 Å². The van der Waals surface area contributed by atoms with Gasteiger partial charge in [-0.1, -0.05) is 11.6 Å². The molecule has 0 saturated carbocycles. The second-order valence-corrected chi connectivity index (χ2v) is 5.16. The lowest BCUT2D eigenvalue weighted by Crippen LogP contribution is -2.41. The Labute approximate surface area is 104 Å². The molecular weight excluding hydrogens is 368 g/mol. The predicted molar refractivity (Wildman–Crippen MR) is 65.9 cm³/mol. The van der Waals surface area contributed by atoms with Gasteiger partial charge in [-0.25, -0.2) is 0 Å². The Morgan fingerprint density at radius 1 is 1.77 bits per heavy atom. The number of allylic oxidation sites excluding steroid dienone is 1. The number of hydrogen-bond donors (Lipinski definition) is 0.